The molecule has 2 fully saturated rings. The number of carbonyl (C=O) groups excluding carboxylic acids is 1. The van der Waals surface area contributed by atoms with Crippen molar-refractivity contribution < 1.29 is 9.53 Å². The average Bonchev–Trinajstić information content (AvgIpc) is 3.22. The Hall–Kier alpha value is -2.28. The second-order valence-electron chi connectivity index (χ2n) is 7.12. The van der Waals surface area contributed by atoms with Crippen molar-refractivity contribution in [2.45, 2.75) is 57.1 Å². The molecule has 1 aliphatic carbocycles. The zero-order valence-electron chi connectivity index (χ0n) is 14.4. The Bertz CT molecular complexity index is 766. The number of benzene rings is 1. The van der Waals surface area contributed by atoms with E-state index in [4.69, 9.17) is 4.74 Å². The fourth-order valence-corrected chi connectivity index (χ4v) is 4.00. The van der Waals surface area contributed by atoms with Crippen LogP contribution >= 0.6 is 0 Å². The van der Waals surface area contributed by atoms with Crippen molar-refractivity contribution >= 4 is 5.91 Å². The van der Waals surface area contributed by atoms with Crippen LogP contribution in [-0.4, -0.2) is 44.4 Å². The van der Waals surface area contributed by atoms with Crippen molar-refractivity contribution in [2.75, 3.05) is 6.61 Å². The minimum Gasteiger partial charge on any atom is -0.373 e. The monoisotopic (exact) mass is 341 g/mol. The minimum absolute atomic E-state index is 0.00154. The van der Waals surface area contributed by atoms with Gasteiger partial charge in [-0.15, -0.1) is 5.10 Å². The molecule has 0 bridgehead atoms. The van der Waals surface area contributed by atoms with Gasteiger partial charge in [-0.1, -0.05) is 25.3 Å². The zero-order chi connectivity index (χ0) is 17.3. The summed E-state index contributed by atoms with van der Waals surface area (Å²) in [4.78, 5) is 12.7. The van der Waals surface area contributed by atoms with E-state index in [1.54, 1.807) is 4.68 Å². The number of nitrogens with one attached hydrogen (secondary N) is 1. The number of carbonyl (C=O) groups is 1. The molecule has 1 amide bonds. The second kappa shape index (κ2) is 6.55. The van der Waals surface area contributed by atoms with Crippen LogP contribution in [0.25, 0.3) is 5.69 Å². The maximum Gasteiger partial charge on any atom is 0.251 e. The molecule has 1 N–H and O–H groups in total. The fourth-order valence-electron chi connectivity index (χ4n) is 4.00. The van der Waals surface area contributed by atoms with Crippen LogP contribution in [0, 0.1) is 6.92 Å². The molecule has 2 aliphatic rings. The molecule has 0 unspecified atom stereocenters. The lowest BCUT2D eigenvalue weighted by molar-refractivity contribution is -0.0246. The lowest BCUT2D eigenvalue weighted by atomic mass is 9.82. The van der Waals surface area contributed by atoms with Crippen LogP contribution in [-0.2, 0) is 4.74 Å². The molecule has 25 heavy (non-hydrogen) atoms. The predicted octanol–water partition coefficient (Wildman–Crippen LogP) is 2.19. The summed E-state index contributed by atoms with van der Waals surface area (Å²) in [7, 11) is 0. The highest BCUT2D eigenvalue weighted by Gasteiger charge is 2.41. The van der Waals surface area contributed by atoms with E-state index < -0.39 is 0 Å². The van der Waals surface area contributed by atoms with Gasteiger partial charge in [-0.2, -0.15) is 4.68 Å². The number of aryl methyl sites for hydroxylation is 1. The van der Waals surface area contributed by atoms with Crippen molar-refractivity contribution in [3.8, 4) is 5.69 Å². The van der Waals surface area contributed by atoms with Gasteiger partial charge in [0.1, 0.15) is 0 Å². The number of nitrogens with zero attached hydrogens (tertiary/aromatic N) is 4. The highest BCUT2D eigenvalue weighted by Crippen LogP contribution is 2.39. The van der Waals surface area contributed by atoms with Crippen molar-refractivity contribution in [1.82, 2.24) is 25.5 Å². The number of ether oxygens (including phenoxy) is 1. The normalized spacial score (nSPS) is 22.2. The predicted molar refractivity (Wildman–Crippen MR) is 91.5 cm³/mol. The molecule has 1 aliphatic heterocycles. The molecule has 0 radical (unpaired) electrons. The summed E-state index contributed by atoms with van der Waals surface area (Å²) in [6.07, 6.45) is 6.92. The fraction of sp³-hybridized carbons (Fsp3) is 0.556. The van der Waals surface area contributed by atoms with Crippen molar-refractivity contribution in [3.05, 3.63) is 35.7 Å². The summed E-state index contributed by atoms with van der Waals surface area (Å²) in [5.74, 6) is 0.607. The Morgan fingerprint density at radius 3 is 2.92 bits per heavy atom. The molecule has 1 saturated carbocycles. The van der Waals surface area contributed by atoms with E-state index in [0.29, 0.717) is 18.0 Å². The highest BCUT2D eigenvalue weighted by atomic mass is 16.5. The van der Waals surface area contributed by atoms with Crippen LogP contribution in [0.4, 0.5) is 0 Å². The van der Waals surface area contributed by atoms with Crippen LogP contribution in [0.3, 0.4) is 0 Å². The quantitative estimate of drug-likeness (QED) is 0.925. The first-order chi connectivity index (χ1) is 12.2. The zero-order valence-corrected chi connectivity index (χ0v) is 14.4. The smallest absolute Gasteiger partial charge is 0.251 e. The summed E-state index contributed by atoms with van der Waals surface area (Å²) in [5, 5.41) is 14.6. The van der Waals surface area contributed by atoms with Gasteiger partial charge in [-0.05, 0) is 54.8 Å². The third kappa shape index (κ3) is 3.28. The molecule has 1 saturated heterocycles. The number of aromatic nitrogens is 4. The van der Waals surface area contributed by atoms with E-state index in [1.807, 2.05) is 31.2 Å². The molecule has 1 atom stereocenters. The van der Waals surface area contributed by atoms with Gasteiger partial charge < -0.3 is 10.1 Å². The third-order valence-electron chi connectivity index (χ3n) is 5.29. The molecule has 1 spiro atoms. The standard InChI is InChI=1S/C18H23N5O2/c1-13-20-21-22-23(13)16-7-5-6-14(10-16)17(24)19-15-11-18(25-12-15)8-3-2-4-9-18/h5-7,10,15H,2-4,8-9,11-12H2,1H3,(H,19,24)/t15-/m0/s1. The van der Waals surface area contributed by atoms with Gasteiger partial charge in [0.25, 0.3) is 5.91 Å². The Morgan fingerprint density at radius 2 is 2.16 bits per heavy atom. The molecule has 4 rings (SSSR count). The third-order valence-corrected chi connectivity index (χ3v) is 5.29. The van der Waals surface area contributed by atoms with Crippen molar-refractivity contribution in [2.24, 2.45) is 0 Å². The average molecular weight is 341 g/mol. The summed E-state index contributed by atoms with van der Waals surface area (Å²) in [6.45, 7) is 2.43. The number of rotatable bonds is 3. The summed E-state index contributed by atoms with van der Waals surface area (Å²) >= 11 is 0. The number of tetrazole rings is 1. The van der Waals surface area contributed by atoms with Gasteiger partial charge in [0.2, 0.25) is 0 Å². The maximum atomic E-state index is 12.7. The highest BCUT2D eigenvalue weighted by molar-refractivity contribution is 5.95. The molecule has 7 heteroatoms. The first-order valence-corrected chi connectivity index (χ1v) is 8.95. The van der Waals surface area contributed by atoms with E-state index >= 15 is 0 Å². The molecular weight excluding hydrogens is 318 g/mol. The second-order valence-corrected chi connectivity index (χ2v) is 7.12. The van der Waals surface area contributed by atoms with Crippen molar-refractivity contribution in [3.63, 3.8) is 0 Å². The summed E-state index contributed by atoms with van der Waals surface area (Å²) in [6, 6.07) is 7.44. The van der Waals surface area contributed by atoms with Crippen LogP contribution in [0.5, 0.6) is 0 Å². The van der Waals surface area contributed by atoms with Crippen LogP contribution in [0.1, 0.15) is 54.7 Å². The van der Waals surface area contributed by atoms with E-state index in [1.165, 1.54) is 19.3 Å². The molecular formula is C18H23N5O2. The molecule has 7 nitrogen and oxygen atoms in total. The maximum absolute atomic E-state index is 12.7. The van der Waals surface area contributed by atoms with E-state index in [-0.39, 0.29) is 17.6 Å². The van der Waals surface area contributed by atoms with Gasteiger partial charge in [0.15, 0.2) is 5.82 Å². The summed E-state index contributed by atoms with van der Waals surface area (Å²) in [5.41, 5.74) is 1.39. The van der Waals surface area contributed by atoms with Gasteiger partial charge >= 0.3 is 0 Å². The first-order valence-electron chi connectivity index (χ1n) is 8.95. The SMILES string of the molecule is Cc1nnnn1-c1cccc(C(=O)N[C@@H]2COC3(CCCCC3)C2)c1. The van der Waals surface area contributed by atoms with Crippen LogP contribution in [0.15, 0.2) is 24.3 Å². The Balaban J connectivity index is 1.44. The topological polar surface area (TPSA) is 81.9 Å². The van der Waals surface area contributed by atoms with E-state index in [9.17, 15) is 4.79 Å². The Labute approximate surface area is 146 Å². The lowest BCUT2D eigenvalue weighted by Crippen LogP contribution is -2.37. The van der Waals surface area contributed by atoms with Gasteiger partial charge in [0.05, 0.1) is 23.9 Å². The summed E-state index contributed by atoms with van der Waals surface area (Å²) < 4.78 is 7.70. The van der Waals surface area contributed by atoms with Gasteiger partial charge in [0, 0.05) is 5.56 Å². The number of hydrogen-bond acceptors (Lipinski definition) is 5. The van der Waals surface area contributed by atoms with Crippen LogP contribution in [0.2, 0.25) is 0 Å². The van der Waals surface area contributed by atoms with Gasteiger partial charge in [-0.25, -0.2) is 0 Å². The van der Waals surface area contributed by atoms with Crippen molar-refractivity contribution in [1.29, 1.82) is 0 Å². The molecule has 1 aromatic heterocycles. The molecule has 1 aromatic carbocycles. The number of hydrogen-bond donors (Lipinski definition) is 1. The Kier molecular flexibility index (Phi) is 4.25. The molecule has 132 valence electrons. The van der Waals surface area contributed by atoms with Gasteiger partial charge in [-0.3, -0.25) is 4.79 Å². The Morgan fingerprint density at radius 1 is 1.32 bits per heavy atom. The number of amides is 1. The largest absolute Gasteiger partial charge is 0.373 e. The van der Waals surface area contributed by atoms with E-state index in [0.717, 1.165) is 24.9 Å². The molecule has 2 heterocycles. The first kappa shape index (κ1) is 16.2. The van der Waals surface area contributed by atoms with Crippen LogP contribution < -0.4 is 5.32 Å². The molecule has 2 aromatic rings. The van der Waals surface area contributed by atoms with E-state index in [2.05, 4.69) is 20.8 Å². The lowest BCUT2D eigenvalue weighted by Gasteiger charge is -2.32. The minimum atomic E-state index is -0.0750.